The molecule has 5 atom stereocenters. The number of aliphatic hydroxyl groups excluding tert-OH is 4. The molecule has 150 valence electrons. The molecule has 28 heavy (non-hydrogen) atoms. The fraction of sp³-hybridized carbons (Fsp3) is 0.478. The highest BCUT2D eigenvalue weighted by Crippen LogP contribution is 2.34. The van der Waals surface area contributed by atoms with Crippen molar-refractivity contribution in [1.29, 1.82) is 0 Å². The molecule has 0 spiro atoms. The molecule has 2 aromatic rings. The highest BCUT2D eigenvalue weighted by Gasteiger charge is 2.44. The van der Waals surface area contributed by atoms with Gasteiger partial charge in [0, 0.05) is 0 Å². The van der Waals surface area contributed by atoms with Gasteiger partial charge in [-0.05, 0) is 59.1 Å². The summed E-state index contributed by atoms with van der Waals surface area (Å²) in [4.78, 5) is 0. The Morgan fingerprint density at radius 1 is 0.893 bits per heavy atom. The quantitative estimate of drug-likeness (QED) is 0.627. The van der Waals surface area contributed by atoms with Gasteiger partial charge in [-0.2, -0.15) is 0 Å². The summed E-state index contributed by atoms with van der Waals surface area (Å²) >= 11 is 0. The molecular weight excluding hydrogens is 356 g/mol. The van der Waals surface area contributed by atoms with Crippen LogP contribution in [-0.4, -0.2) is 51.4 Å². The molecule has 1 saturated heterocycles. The summed E-state index contributed by atoms with van der Waals surface area (Å²) in [5.41, 5.74) is 7.27. The van der Waals surface area contributed by atoms with Crippen molar-refractivity contribution in [3.05, 3.63) is 69.8 Å². The lowest BCUT2D eigenvalue weighted by atomic mass is 9.85. The zero-order valence-corrected chi connectivity index (χ0v) is 16.1. The molecule has 1 aliphatic heterocycles. The lowest BCUT2D eigenvalue weighted by Crippen LogP contribution is -2.55. The topological polar surface area (TPSA) is 90.2 Å². The van der Waals surface area contributed by atoms with Crippen LogP contribution >= 0.6 is 0 Å². The molecule has 5 nitrogen and oxygen atoms in total. The first-order chi connectivity index (χ1) is 13.5. The molecule has 0 saturated carbocycles. The minimum atomic E-state index is -1.36. The van der Waals surface area contributed by atoms with Crippen molar-refractivity contribution < 1.29 is 25.2 Å². The Bertz CT molecular complexity index is 847. The van der Waals surface area contributed by atoms with Gasteiger partial charge in [-0.25, -0.2) is 0 Å². The number of hydrogen-bond donors (Lipinski definition) is 4. The third-order valence-electron chi connectivity index (χ3n) is 6.16. The van der Waals surface area contributed by atoms with Crippen LogP contribution in [0.5, 0.6) is 0 Å². The molecule has 1 aliphatic carbocycles. The molecular formula is C23H28O5. The number of aliphatic hydroxyl groups is 4. The van der Waals surface area contributed by atoms with E-state index in [4.69, 9.17) is 4.74 Å². The zero-order chi connectivity index (χ0) is 19.8. The van der Waals surface area contributed by atoms with E-state index in [1.54, 1.807) is 0 Å². The van der Waals surface area contributed by atoms with Crippen LogP contribution in [-0.2, 0) is 30.4 Å². The summed E-state index contributed by atoms with van der Waals surface area (Å²) in [6.45, 7) is 1.69. The van der Waals surface area contributed by atoms with E-state index >= 15 is 0 Å². The van der Waals surface area contributed by atoms with Gasteiger partial charge >= 0.3 is 0 Å². The lowest BCUT2D eigenvalue weighted by Gasteiger charge is -2.40. The second kappa shape index (κ2) is 7.93. The SMILES string of the molecule is CCc1ccc([C@@H]2O[C@H](CO)[C@@H](O)[C@H](O)[C@H]2O)cc1Cc1ccc2c(c1)CC2. The first kappa shape index (κ1) is 19.6. The monoisotopic (exact) mass is 384 g/mol. The third kappa shape index (κ3) is 3.49. The Balaban J connectivity index is 1.63. The van der Waals surface area contributed by atoms with Crippen LogP contribution in [0.15, 0.2) is 36.4 Å². The molecule has 1 heterocycles. The highest BCUT2D eigenvalue weighted by atomic mass is 16.5. The van der Waals surface area contributed by atoms with E-state index in [0.717, 1.165) is 30.4 Å². The number of aryl methyl sites for hydroxylation is 3. The van der Waals surface area contributed by atoms with Crippen molar-refractivity contribution >= 4 is 0 Å². The van der Waals surface area contributed by atoms with Gasteiger partial charge in [0.25, 0.3) is 0 Å². The second-order valence-corrected chi connectivity index (χ2v) is 7.91. The molecule has 0 radical (unpaired) electrons. The second-order valence-electron chi connectivity index (χ2n) is 7.91. The molecule has 1 fully saturated rings. The lowest BCUT2D eigenvalue weighted by molar-refractivity contribution is -0.231. The Labute approximate surface area is 165 Å². The van der Waals surface area contributed by atoms with Crippen molar-refractivity contribution in [2.24, 2.45) is 0 Å². The van der Waals surface area contributed by atoms with E-state index in [-0.39, 0.29) is 0 Å². The van der Waals surface area contributed by atoms with Crippen LogP contribution in [0.25, 0.3) is 0 Å². The minimum absolute atomic E-state index is 0.420. The molecule has 0 unspecified atom stereocenters. The first-order valence-corrected chi connectivity index (χ1v) is 10.0. The van der Waals surface area contributed by atoms with Gasteiger partial charge in [0.05, 0.1) is 6.61 Å². The Hall–Kier alpha value is -1.76. The summed E-state index contributed by atoms with van der Waals surface area (Å²) in [5, 5.41) is 40.0. The average Bonchev–Trinajstić information content (AvgIpc) is 2.68. The average molecular weight is 384 g/mol. The summed E-state index contributed by atoms with van der Waals surface area (Å²) < 4.78 is 5.73. The van der Waals surface area contributed by atoms with Gasteiger partial charge in [0.1, 0.15) is 30.5 Å². The first-order valence-electron chi connectivity index (χ1n) is 10.0. The maximum atomic E-state index is 10.4. The van der Waals surface area contributed by atoms with E-state index in [9.17, 15) is 20.4 Å². The van der Waals surface area contributed by atoms with Crippen molar-refractivity contribution in [3.63, 3.8) is 0 Å². The molecule has 2 aromatic carbocycles. The minimum Gasteiger partial charge on any atom is -0.394 e. The Morgan fingerprint density at radius 3 is 2.32 bits per heavy atom. The molecule has 4 N–H and O–H groups in total. The molecule has 2 aliphatic rings. The fourth-order valence-corrected chi connectivity index (χ4v) is 4.29. The van der Waals surface area contributed by atoms with Crippen molar-refractivity contribution in [2.75, 3.05) is 6.61 Å². The van der Waals surface area contributed by atoms with Crippen molar-refractivity contribution in [1.82, 2.24) is 0 Å². The number of ether oxygens (including phenoxy) is 1. The third-order valence-corrected chi connectivity index (χ3v) is 6.16. The van der Waals surface area contributed by atoms with Crippen LogP contribution in [0.2, 0.25) is 0 Å². The Kier molecular flexibility index (Phi) is 5.54. The van der Waals surface area contributed by atoms with Gasteiger partial charge in [-0.15, -0.1) is 0 Å². The normalized spacial score (nSPS) is 29.2. The van der Waals surface area contributed by atoms with Crippen LogP contribution in [0.4, 0.5) is 0 Å². The van der Waals surface area contributed by atoms with Crippen LogP contribution in [0.3, 0.4) is 0 Å². The van der Waals surface area contributed by atoms with Gasteiger partial charge < -0.3 is 25.2 Å². The van der Waals surface area contributed by atoms with Gasteiger partial charge in [-0.3, -0.25) is 0 Å². The number of fused-ring (bicyclic) bond motifs is 1. The van der Waals surface area contributed by atoms with E-state index in [2.05, 4.69) is 25.1 Å². The van der Waals surface area contributed by atoms with Gasteiger partial charge in [0.15, 0.2) is 0 Å². The van der Waals surface area contributed by atoms with Crippen molar-refractivity contribution in [3.8, 4) is 0 Å². The maximum absolute atomic E-state index is 10.4. The van der Waals surface area contributed by atoms with E-state index in [1.165, 1.54) is 28.7 Å². The Morgan fingerprint density at radius 2 is 1.68 bits per heavy atom. The summed E-state index contributed by atoms with van der Waals surface area (Å²) in [5.74, 6) is 0. The van der Waals surface area contributed by atoms with Gasteiger partial charge in [0.2, 0.25) is 0 Å². The van der Waals surface area contributed by atoms with Crippen LogP contribution < -0.4 is 0 Å². The largest absolute Gasteiger partial charge is 0.394 e. The predicted octanol–water partition coefficient (Wildman–Crippen LogP) is 1.45. The maximum Gasteiger partial charge on any atom is 0.113 e. The molecule has 0 aromatic heterocycles. The predicted molar refractivity (Wildman–Crippen MR) is 105 cm³/mol. The number of hydrogen-bond acceptors (Lipinski definition) is 5. The highest BCUT2D eigenvalue weighted by molar-refractivity contribution is 5.42. The van der Waals surface area contributed by atoms with E-state index in [0.29, 0.717) is 0 Å². The number of benzene rings is 2. The summed E-state index contributed by atoms with van der Waals surface area (Å²) in [7, 11) is 0. The molecule has 5 heteroatoms. The summed E-state index contributed by atoms with van der Waals surface area (Å²) in [6.07, 6.45) is -1.64. The van der Waals surface area contributed by atoms with E-state index in [1.807, 2.05) is 18.2 Å². The fourth-order valence-electron chi connectivity index (χ4n) is 4.29. The molecule has 0 amide bonds. The zero-order valence-electron chi connectivity index (χ0n) is 16.1. The van der Waals surface area contributed by atoms with Gasteiger partial charge in [-0.1, -0.05) is 43.3 Å². The smallest absolute Gasteiger partial charge is 0.113 e. The molecule has 0 bridgehead atoms. The van der Waals surface area contributed by atoms with Crippen molar-refractivity contribution in [2.45, 2.75) is 63.1 Å². The van der Waals surface area contributed by atoms with Crippen LogP contribution in [0, 0.1) is 0 Å². The van der Waals surface area contributed by atoms with E-state index < -0.39 is 37.1 Å². The standard InChI is InChI=1S/C23H28O5/c1-2-14-5-8-17(23-22(27)21(26)20(25)19(12-24)28-23)11-18(14)10-13-3-4-15-6-7-16(15)9-13/h3-5,8-9,11,19-27H,2,6-7,10,12H2,1H3/t19-,20-,21+,22-,23+/m1/s1. The van der Waals surface area contributed by atoms with Crippen LogP contribution in [0.1, 0.15) is 46.4 Å². The summed E-state index contributed by atoms with van der Waals surface area (Å²) in [6, 6.07) is 12.6. The molecule has 4 rings (SSSR count). The number of rotatable bonds is 5.